The van der Waals surface area contributed by atoms with Crippen molar-refractivity contribution < 1.29 is 17.9 Å². The summed E-state index contributed by atoms with van der Waals surface area (Å²) in [7, 11) is -2.05. The number of unbranched alkanes of at least 4 members (excludes halogenated alkanes) is 1. The predicted molar refractivity (Wildman–Crippen MR) is 101 cm³/mol. The first-order chi connectivity index (χ1) is 12.5. The Balaban J connectivity index is 2.08. The van der Waals surface area contributed by atoms with Gasteiger partial charge >= 0.3 is 0 Å². The van der Waals surface area contributed by atoms with E-state index in [2.05, 4.69) is 10.0 Å². The molecule has 2 aromatic rings. The van der Waals surface area contributed by atoms with E-state index in [1.54, 1.807) is 19.2 Å². The van der Waals surface area contributed by atoms with Crippen LogP contribution in [0.1, 0.15) is 35.7 Å². The zero-order valence-corrected chi connectivity index (χ0v) is 15.8. The molecule has 0 aliphatic carbocycles. The topological polar surface area (TPSA) is 84.5 Å². The van der Waals surface area contributed by atoms with Gasteiger partial charge in [-0.05, 0) is 30.7 Å². The van der Waals surface area contributed by atoms with Crippen molar-refractivity contribution in [2.24, 2.45) is 0 Å². The van der Waals surface area contributed by atoms with Gasteiger partial charge in [-0.2, -0.15) is 0 Å². The molecule has 7 heteroatoms. The van der Waals surface area contributed by atoms with E-state index in [9.17, 15) is 13.2 Å². The molecule has 2 aromatic carbocycles. The molecular weight excluding hydrogens is 352 g/mol. The van der Waals surface area contributed by atoms with Crippen LogP contribution in [0, 0.1) is 0 Å². The van der Waals surface area contributed by atoms with Gasteiger partial charge in [-0.3, -0.25) is 4.79 Å². The van der Waals surface area contributed by atoms with Crippen molar-refractivity contribution >= 4 is 15.9 Å². The predicted octanol–water partition coefficient (Wildman–Crippen LogP) is 2.70. The molecule has 0 unspecified atom stereocenters. The number of rotatable bonds is 9. The number of sulfonamides is 1. The van der Waals surface area contributed by atoms with Crippen LogP contribution in [0.2, 0.25) is 0 Å². The normalized spacial score (nSPS) is 11.2. The highest BCUT2D eigenvalue weighted by Crippen LogP contribution is 2.17. The molecule has 0 atom stereocenters. The smallest absolute Gasteiger partial charge is 0.251 e. The molecular formula is C19H24N2O4S. The second-order valence-electron chi connectivity index (χ2n) is 5.77. The van der Waals surface area contributed by atoms with Crippen LogP contribution >= 0.6 is 0 Å². The number of para-hydroxylation sites is 1. The Morgan fingerprint density at radius 1 is 1.12 bits per heavy atom. The number of amides is 1. The molecule has 0 aliphatic rings. The van der Waals surface area contributed by atoms with Crippen LogP contribution < -0.4 is 14.8 Å². The lowest BCUT2D eigenvalue weighted by molar-refractivity contribution is 0.0950. The molecule has 0 bridgehead atoms. The Kier molecular flexibility index (Phi) is 7.17. The van der Waals surface area contributed by atoms with Crippen molar-refractivity contribution in [3.8, 4) is 5.75 Å². The Bertz CT molecular complexity index is 850. The number of carbonyl (C=O) groups excluding carboxylic acids is 1. The van der Waals surface area contributed by atoms with Crippen molar-refractivity contribution in [3.05, 3.63) is 59.7 Å². The third-order valence-corrected chi connectivity index (χ3v) is 5.32. The van der Waals surface area contributed by atoms with Gasteiger partial charge in [-0.25, -0.2) is 13.1 Å². The van der Waals surface area contributed by atoms with E-state index in [0.717, 1.165) is 18.4 Å². The summed E-state index contributed by atoms with van der Waals surface area (Å²) in [5, 5.41) is 2.79. The average Bonchev–Trinajstić information content (AvgIpc) is 2.66. The van der Waals surface area contributed by atoms with Crippen LogP contribution in [0.5, 0.6) is 5.75 Å². The molecule has 1 amide bonds. The lowest BCUT2D eigenvalue weighted by atomic mass is 10.2. The van der Waals surface area contributed by atoms with Gasteiger partial charge < -0.3 is 10.1 Å². The number of benzene rings is 2. The molecule has 2 rings (SSSR count). The van der Waals surface area contributed by atoms with Crippen molar-refractivity contribution in [3.63, 3.8) is 0 Å². The van der Waals surface area contributed by atoms with E-state index in [4.69, 9.17) is 4.74 Å². The van der Waals surface area contributed by atoms with Crippen LogP contribution in [0.3, 0.4) is 0 Å². The summed E-state index contributed by atoms with van der Waals surface area (Å²) in [5.41, 5.74) is 1.13. The first-order valence-corrected chi connectivity index (χ1v) is 9.96. The third-order valence-electron chi connectivity index (χ3n) is 3.86. The fraction of sp³-hybridized carbons (Fsp3) is 0.316. The quantitative estimate of drug-likeness (QED) is 0.659. The molecule has 0 radical (unpaired) electrons. The fourth-order valence-electron chi connectivity index (χ4n) is 2.40. The standard InChI is InChI=1S/C19H24N2O4S/c1-3-4-12-21-26(23,24)17-10-7-9-15(13-17)19(22)20-14-16-8-5-6-11-18(16)25-2/h5-11,13,21H,3-4,12,14H2,1-2H3,(H,20,22). The molecule has 0 aliphatic heterocycles. The maximum atomic E-state index is 12.4. The third kappa shape index (κ3) is 5.31. The van der Waals surface area contributed by atoms with Crippen molar-refractivity contribution in [1.82, 2.24) is 10.0 Å². The van der Waals surface area contributed by atoms with E-state index < -0.39 is 10.0 Å². The monoisotopic (exact) mass is 376 g/mol. The minimum absolute atomic E-state index is 0.0820. The summed E-state index contributed by atoms with van der Waals surface area (Å²) in [6.07, 6.45) is 1.66. The molecule has 26 heavy (non-hydrogen) atoms. The van der Waals surface area contributed by atoms with E-state index in [1.165, 1.54) is 12.1 Å². The Morgan fingerprint density at radius 2 is 1.88 bits per heavy atom. The zero-order chi connectivity index (χ0) is 19.0. The number of carbonyl (C=O) groups is 1. The summed E-state index contributed by atoms with van der Waals surface area (Å²) in [6, 6.07) is 13.4. The maximum absolute atomic E-state index is 12.4. The second kappa shape index (κ2) is 9.35. The van der Waals surface area contributed by atoms with Crippen molar-refractivity contribution in [1.29, 1.82) is 0 Å². The van der Waals surface area contributed by atoms with E-state index in [-0.39, 0.29) is 17.3 Å². The maximum Gasteiger partial charge on any atom is 0.251 e. The van der Waals surface area contributed by atoms with Crippen LogP contribution in [0.25, 0.3) is 0 Å². The highest BCUT2D eigenvalue weighted by atomic mass is 32.2. The van der Waals surface area contributed by atoms with Gasteiger partial charge in [0.2, 0.25) is 10.0 Å². The van der Waals surface area contributed by atoms with Gasteiger partial charge in [0.15, 0.2) is 0 Å². The Labute approximate surface area is 154 Å². The minimum atomic E-state index is -3.62. The molecule has 0 aromatic heterocycles. The zero-order valence-electron chi connectivity index (χ0n) is 15.0. The number of hydrogen-bond donors (Lipinski definition) is 2. The highest BCUT2D eigenvalue weighted by Gasteiger charge is 2.16. The fourth-order valence-corrected chi connectivity index (χ4v) is 3.52. The van der Waals surface area contributed by atoms with Gasteiger partial charge in [-0.1, -0.05) is 37.6 Å². The Morgan fingerprint density at radius 3 is 2.62 bits per heavy atom. The largest absolute Gasteiger partial charge is 0.496 e. The molecule has 0 heterocycles. The first kappa shape index (κ1) is 19.9. The van der Waals surface area contributed by atoms with Gasteiger partial charge in [-0.15, -0.1) is 0 Å². The lowest BCUT2D eigenvalue weighted by Crippen LogP contribution is -2.26. The van der Waals surface area contributed by atoms with Gasteiger partial charge in [0, 0.05) is 24.2 Å². The van der Waals surface area contributed by atoms with Crippen LogP contribution in [-0.2, 0) is 16.6 Å². The summed E-state index contributed by atoms with van der Waals surface area (Å²) in [6.45, 7) is 2.65. The van der Waals surface area contributed by atoms with Crippen LogP contribution in [-0.4, -0.2) is 28.0 Å². The molecule has 6 nitrogen and oxygen atoms in total. The molecule has 0 fully saturated rings. The number of methoxy groups -OCH3 is 1. The van der Waals surface area contributed by atoms with Crippen molar-refractivity contribution in [2.75, 3.05) is 13.7 Å². The number of ether oxygens (including phenoxy) is 1. The number of hydrogen-bond acceptors (Lipinski definition) is 4. The summed E-state index contributed by atoms with van der Waals surface area (Å²) in [5.74, 6) is 0.339. The Hall–Kier alpha value is -2.38. The van der Waals surface area contributed by atoms with E-state index in [1.807, 2.05) is 31.2 Å². The van der Waals surface area contributed by atoms with Gasteiger partial charge in [0.25, 0.3) is 5.91 Å². The summed E-state index contributed by atoms with van der Waals surface area (Å²) in [4.78, 5) is 12.5. The van der Waals surface area contributed by atoms with Gasteiger partial charge in [0.05, 0.1) is 12.0 Å². The minimum Gasteiger partial charge on any atom is -0.496 e. The average molecular weight is 376 g/mol. The van der Waals surface area contributed by atoms with E-state index >= 15 is 0 Å². The first-order valence-electron chi connectivity index (χ1n) is 8.47. The summed E-state index contributed by atoms with van der Waals surface area (Å²) < 4.78 is 32.4. The second-order valence-corrected chi connectivity index (χ2v) is 7.54. The molecule has 0 spiro atoms. The summed E-state index contributed by atoms with van der Waals surface area (Å²) >= 11 is 0. The molecule has 0 saturated carbocycles. The molecule has 0 saturated heterocycles. The van der Waals surface area contributed by atoms with Crippen molar-refractivity contribution in [2.45, 2.75) is 31.2 Å². The van der Waals surface area contributed by atoms with Crippen LogP contribution in [0.15, 0.2) is 53.4 Å². The van der Waals surface area contributed by atoms with Crippen LogP contribution in [0.4, 0.5) is 0 Å². The SMILES string of the molecule is CCCCNS(=O)(=O)c1cccc(C(=O)NCc2ccccc2OC)c1. The number of nitrogens with one attached hydrogen (secondary N) is 2. The van der Waals surface area contributed by atoms with E-state index in [0.29, 0.717) is 17.9 Å². The molecule has 140 valence electrons. The highest BCUT2D eigenvalue weighted by molar-refractivity contribution is 7.89. The lowest BCUT2D eigenvalue weighted by Gasteiger charge is -2.11. The van der Waals surface area contributed by atoms with Gasteiger partial charge in [0.1, 0.15) is 5.75 Å². The molecule has 2 N–H and O–H groups in total.